The van der Waals surface area contributed by atoms with Gasteiger partial charge in [0.1, 0.15) is 0 Å². The summed E-state index contributed by atoms with van der Waals surface area (Å²) in [7, 11) is -3.46. The van der Waals surface area contributed by atoms with E-state index in [-0.39, 0.29) is 0 Å². The molecule has 0 bridgehead atoms. The minimum atomic E-state index is -3.46. The second kappa shape index (κ2) is 9.89. The Morgan fingerprint density at radius 3 is 2.56 bits per heavy atom. The summed E-state index contributed by atoms with van der Waals surface area (Å²) in [4.78, 5) is 4.83. The number of sulfonamides is 1. The van der Waals surface area contributed by atoms with E-state index < -0.39 is 10.0 Å². The van der Waals surface area contributed by atoms with Gasteiger partial charge in [-0.3, -0.25) is 5.43 Å². The first kappa shape index (κ1) is 23.2. The van der Waals surface area contributed by atoms with Gasteiger partial charge in [0, 0.05) is 34.6 Å². The van der Waals surface area contributed by atoms with Crippen molar-refractivity contribution in [1.82, 2.24) is 9.29 Å². The van der Waals surface area contributed by atoms with Crippen LogP contribution in [-0.2, 0) is 10.0 Å². The number of anilines is 1. The van der Waals surface area contributed by atoms with Gasteiger partial charge in [0.2, 0.25) is 15.2 Å². The number of hydrazone groups is 1. The molecule has 0 spiro atoms. The number of hydrogen-bond acceptors (Lipinski definition) is 6. The van der Waals surface area contributed by atoms with Gasteiger partial charge in [-0.05, 0) is 43.0 Å². The molecule has 0 atom stereocenters. The maximum atomic E-state index is 12.9. The summed E-state index contributed by atoms with van der Waals surface area (Å²) in [6, 6.07) is 12.0. The summed E-state index contributed by atoms with van der Waals surface area (Å²) >= 11 is 13.4. The molecule has 6 nitrogen and oxygen atoms in total. The highest BCUT2D eigenvalue weighted by molar-refractivity contribution is 7.89. The van der Waals surface area contributed by atoms with Crippen molar-refractivity contribution >= 4 is 55.9 Å². The van der Waals surface area contributed by atoms with Crippen LogP contribution in [0.4, 0.5) is 5.13 Å². The van der Waals surface area contributed by atoms with Crippen LogP contribution >= 0.6 is 34.5 Å². The van der Waals surface area contributed by atoms with Gasteiger partial charge >= 0.3 is 0 Å². The quantitative estimate of drug-likeness (QED) is 0.328. The molecule has 10 heteroatoms. The van der Waals surface area contributed by atoms with Crippen LogP contribution < -0.4 is 5.43 Å². The van der Waals surface area contributed by atoms with Crippen molar-refractivity contribution in [2.24, 2.45) is 11.0 Å². The first-order valence-corrected chi connectivity index (χ1v) is 13.2. The lowest BCUT2D eigenvalue weighted by Gasteiger charge is -2.29. The Balaban J connectivity index is 1.42. The Labute approximate surface area is 201 Å². The lowest BCUT2D eigenvalue weighted by atomic mass is 10.0. The first-order valence-electron chi connectivity index (χ1n) is 10.1. The number of thiazole rings is 1. The number of aromatic nitrogens is 1. The number of nitrogens with one attached hydrogen (secondary N) is 1. The van der Waals surface area contributed by atoms with Crippen molar-refractivity contribution in [1.29, 1.82) is 0 Å². The van der Waals surface area contributed by atoms with Crippen LogP contribution in [0, 0.1) is 5.92 Å². The Kier molecular flexibility index (Phi) is 7.17. The summed E-state index contributed by atoms with van der Waals surface area (Å²) in [6.45, 7) is 3.32. The molecule has 1 N–H and O–H groups in total. The molecule has 1 fully saturated rings. The number of benzene rings is 2. The minimum absolute atomic E-state index is 0.314. The Hall–Kier alpha value is -1.97. The van der Waals surface area contributed by atoms with E-state index in [1.165, 1.54) is 11.3 Å². The third kappa shape index (κ3) is 5.32. The fourth-order valence-electron chi connectivity index (χ4n) is 3.39. The van der Waals surface area contributed by atoms with Crippen LogP contribution in [0.15, 0.2) is 57.8 Å². The molecule has 4 rings (SSSR count). The van der Waals surface area contributed by atoms with E-state index in [9.17, 15) is 8.42 Å². The summed E-state index contributed by atoms with van der Waals surface area (Å²) in [6.07, 6.45) is 3.40. The van der Waals surface area contributed by atoms with Crippen LogP contribution in [0.5, 0.6) is 0 Å². The van der Waals surface area contributed by atoms with Gasteiger partial charge in [0.25, 0.3) is 0 Å². The molecule has 1 aliphatic heterocycles. The standard InChI is InChI=1S/C22H22Cl2N4O2S2/c1-15-8-10-28(11-9-15)32(29,30)19-6-3-16(4-7-19)21-14-31-22(26-21)27-25-13-17-2-5-18(23)12-20(17)24/h2-7,12-15H,8-11H2,1H3,(H,26,27). The molecule has 0 amide bonds. The van der Waals surface area contributed by atoms with Crippen molar-refractivity contribution in [2.45, 2.75) is 24.7 Å². The lowest BCUT2D eigenvalue weighted by molar-refractivity contribution is 0.288. The van der Waals surface area contributed by atoms with Crippen LogP contribution in [0.25, 0.3) is 11.3 Å². The largest absolute Gasteiger partial charge is 0.253 e. The van der Waals surface area contributed by atoms with Gasteiger partial charge in [0.05, 0.1) is 21.8 Å². The Morgan fingerprint density at radius 2 is 1.88 bits per heavy atom. The maximum absolute atomic E-state index is 12.9. The molecular weight excluding hydrogens is 487 g/mol. The summed E-state index contributed by atoms with van der Waals surface area (Å²) < 4.78 is 27.4. The van der Waals surface area contributed by atoms with Gasteiger partial charge in [0.15, 0.2) is 0 Å². The third-order valence-electron chi connectivity index (χ3n) is 5.36. The topological polar surface area (TPSA) is 74.7 Å². The van der Waals surface area contributed by atoms with Crippen molar-refractivity contribution in [2.75, 3.05) is 18.5 Å². The first-order chi connectivity index (χ1) is 15.3. The number of nitrogens with zero attached hydrogens (tertiary/aromatic N) is 3. The number of hydrogen-bond donors (Lipinski definition) is 1. The fraction of sp³-hybridized carbons (Fsp3) is 0.273. The monoisotopic (exact) mass is 508 g/mol. The van der Waals surface area contributed by atoms with Gasteiger partial charge < -0.3 is 0 Å². The number of piperidine rings is 1. The maximum Gasteiger partial charge on any atom is 0.243 e. The second-order valence-corrected chi connectivity index (χ2v) is 11.3. The third-order valence-corrected chi connectivity index (χ3v) is 8.58. The summed E-state index contributed by atoms with van der Waals surface area (Å²) in [5.74, 6) is 0.573. The highest BCUT2D eigenvalue weighted by Gasteiger charge is 2.27. The van der Waals surface area contributed by atoms with Crippen LogP contribution in [0.2, 0.25) is 10.0 Å². The highest BCUT2D eigenvalue weighted by atomic mass is 35.5. The van der Waals surface area contributed by atoms with Gasteiger partial charge in [-0.1, -0.05) is 48.3 Å². The molecule has 3 aromatic rings. The van der Waals surface area contributed by atoms with Crippen LogP contribution in [-0.4, -0.2) is 37.0 Å². The molecule has 1 aliphatic rings. The van der Waals surface area contributed by atoms with Crippen LogP contribution in [0.3, 0.4) is 0 Å². The van der Waals surface area contributed by atoms with E-state index in [0.29, 0.717) is 39.1 Å². The van der Waals surface area contributed by atoms with E-state index in [0.717, 1.165) is 29.7 Å². The zero-order valence-corrected chi connectivity index (χ0v) is 20.5. The molecule has 0 saturated carbocycles. The van der Waals surface area contributed by atoms with Crippen LogP contribution in [0.1, 0.15) is 25.3 Å². The van der Waals surface area contributed by atoms with E-state index >= 15 is 0 Å². The molecule has 1 saturated heterocycles. The molecule has 2 aromatic carbocycles. The van der Waals surface area contributed by atoms with E-state index in [2.05, 4.69) is 22.4 Å². The van der Waals surface area contributed by atoms with E-state index in [1.54, 1.807) is 53.0 Å². The molecule has 0 aliphatic carbocycles. The smallest absolute Gasteiger partial charge is 0.243 e. The minimum Gasteiger partial charge on any atom is -0.253 e. The summed E-state index contributed by atoms with van der Waals surface area (Å²) in [5.41, 5.74) is 5.21. The van der Waals surface area contributed by atoms with Crippen molar-refractivity contribution in [3.63, 3.8) is 0 Å². The van der Waals surface area contributed by atoms with Gasteiger partial charge in [-0.25, -0.2) is 13.4 Å². The predicted molar refractivity (Wildman–Crippen MR) is 132 cm³/mol. The predicted octanol–water partition coefficient (Wildman–Crippen LogP) is 5.98. The number of halogens is 2. The average Bonchev–Trinajstić information content (AvgIpc) is 3.25. The zero-order chi connectivity index (χ0) is 22.7. The molecule has 168 valence electrons. The van der Waals surface area contributed by atoms with Crippen molar-refractivity contribution in [3.05, 3.63) is 63.5 Å². The van der Waals surface area contributed by atoms with Gasteiger partial charge in [-0.15, -0.1) is 11.3 Å². The normalized spacial score (nSPS) is 16.0. The fourth-order valence-corrected chi connectivity index (χ4v) is 5.99. The molecule has 1 aromatic heterocycles. The number of rotatable bonds is 6. The van der Waals surface area contributed by atoms with Crippen molar-refractivity contribution < 1.29 is 8.42 Å². The summed E-state index contributed by atoms with van der Waals surface area (Å²) in [5, 5.41) is 7.75. The molecule has 0 radical (unpaired) electrons. The van der Waals surface area contributed by atoms with E-state index in [4.69, 9.17) is 23.2 Å². The van der Waals surface area contributed by atoms with Crippen molar-refractivity contribution in [3.8, 4) is 11.3 Å². The molecule has 32 heavy (non-hydrogen) atoms. The molecule has 0 unspecified atom stereocenters. The lowest BCUT2D eigenvalue weighted by Crippen LogP contribution is -2.37. The Bertz CT molecular complexity index is 1220. The highest BCUT2D eigenvalue weighted by Crippen LogP contribution is 2.28. The Morgan fingerprint density at radius 1 is 1.16 bits per heavy atom. The second-order valence-electron chi connectivity index (χ2n) is 7.68. The SMILES string of the molecule is CC1CCN(S(=O)(=O)c2ccc(-c3csc(NN=Cc4ccc(Cl)cc4Cl)n3)cc2)CC1. The van der Waals surface area contributed by atoms with E-state index in [1.807, 2.05) is 5.38 Å². The molecular formula is C22H22Cl2N4O2S2. The molecule has 2 heterocycles. The zero-order valence-electron chi connectivity index (χ0n) is 17.3. The van der Waals surface area contributed by atoms with Gasteiger partial charge in [-0.2, -0.15) is 9.41 Å². The average molecular weight is 509 g/mol.